The third-order valence-electron chi connectivity index (χ3n) is 4.36. The molecule has 0 saturated carbocycles. The van der Waals surface area contributed by atoms with Crippen LogP contribution in [0.25, 0.3) is 0 Å². The zero-order valence-electron chi connectivity index (χ0n) is 15.1. The van der Waals surface area contributed by atoms with Gasteiger partial charge < -0.3 is 20.1 Å². The molecule has 7 heteroatoms. The number of methoxy groups -OCH3 is 1. The quantitative estimate of drug-likeness (QED) is 0.820. The summed E-state index contributed by atoms with van der Waals surface area (Å²) in [5, 5.41) is 6.47. The zero-order chi connectivity index (χ0) is 18.4. The molecule has 0 spiro atoms. The number of benzene rings is 1. The minimum atomic E-state index is -0.0420. The van der Waals surface area contributed by atoms with E-state index in [-0.39, 0.29) is 24.4 Å². The first-order valence-corrected chi connectivity index (χ1v) is 8.71. The number of carbonyl (C=O) groups is 1. The number of carbonyl (C=O) groups excluding carboxylic acids is 1. The van der Waals surface area contributed by atoms with Crippen LogP contribution in [0.2, 0.25) is 0 Å². The highest BCUT2D eigenvalue weighted by atomic mass is 16.5. The predicted octanol–water partition coefficient (Wildman–Crippen LogP) is 1.72. The van der Waals surface area contributed by atoms with Crippen molar-refractivity contribution >= 4 is 11.7 Å². The van der Waals surface area contributed by atoms with Gasteiger partial charge in [-0.25, -0.2) is 9.97 Å². The van der Waals surface area contributed by atoms with Crippen LogP contribution in [-0.4, -0.2) is 48.3 Å². The van der Waals surface area contributed by atoms with Crippen LogP contribution in [0.1, 0.15) is 17.8 Å². The lowest BCUT2D eigenvalue weighted by Crippen LogP contribution is -2.52. The van der Waals surface area contributed by atoms with Crippen molar-refractivity contribution in [2.24, 2.45) is 0 Å². The first-order valence-electron chi connectivity index (χ1n) is 8.71. The Balaban J connectivity index is 1.63. The lowest BCUT2D eigenvalue weighted by molar-refractivity contribution is -0.121. The third-order valence-corrected chi connectivity index (χ3v) is 4.36. The number of nitrogens with zero attached hydrogens (tertiary/aromatic N) is 2. The van der Waals surface area contributed by atoms with E-state index in [4.69, 9.17) is 9.47 Å². The second-order valence-electron chi connectivity index (χ2n) is 6.27. The summed E-state index contributed by atoms with van der Waals surface area (Å²) in [5.74, 6) is 2.12. The molecule has 3 rings (SSSR count). The summed E-state index contributed by atoms with van der Waals surface area (Å²) in [4.78, 5) is 21.0. The molecule has 2 N–H and O–H groups in total. The predicted molar refractivity (Wildman–Crippen MR) is 98.2 cm³/mol. The molecule has 1 saturated heterocycles. The van der Waals surface area contributed by atoms with Gasteiger partial charge in [0.1, 0.15) is 17.4 Å². The van der Waals surface area contributed by atoms with Crippen LogP contribution in [0.5, 0.6) is 5.75 Å². The molecule has 0 bridgehead atoms. The first kappa shape index (κ1) is 18.1. The van der Waals surface area contributed by atoms with E-state index in [9.17, 15) is 4.79 Å². The Morgan fingerprint density at radius 3 is 2.96 bits per heavy atom. The van der Waals surface area contributed by atoms with E-state index >= 15 is 0 Å². The smallest absolute Gasteiger partial charge is 0.224 e. The van der Waals surface area contributed by atoms with Crippen molar-refractivity contribution in [2.45, 2.75) is 31.8 Å². The average molecular weight is 356 g/mol. The molecule has 138 valence electrons. The van der Waals surface area contributed by atoms with Gasteiger partial charge in [0, 0.05) is 18.4 Å². The van der Waals surface area contributed by atoms with Crippen molar-refractivity contribution < 1.29 is 14.3 Å². The summed E-state index contributed by atoms with van der Waals surface area (Å²) in [5.41, 5.74) is 0.871. The Hall–Kier alpha value is -2.67. The van der Waals surface area contributed by atoms with Crippen molar-refractivity contribution in [1.29, 1.82) is 0 Å². The van der Waals surface area contributed by atoms with Crippen molar-refractivity contribution in [3.63, 3.8) is 0 Å². The Kier molecular flexibility index (Phi) is 6.01. The molecule has 1 aliphatic heterocycles. The molecular weight excluding hydrogens is 332 g/mol. The number of nitrogens with one attached hydrogen (secondary N) is 2. The largest absolute Gasteiger partial charge is 0.496 e. The second-order valence-corrected chi connectivity index (χ2v) is 6.27. The van der Waals surface area contributed by atoms with E-state index in [2.05, 4.69) is 20.6 Å². The molecule has 1 aromatic heterocycles. The molecule has 1 amide bonds. The Morgan fingerprint density at radius 2 is 2.15 bits per heavy atom. The lowest BCUT2D eigenvalue weighted by atomic mass is 10.0. The number of rotatable bonds is 6. The van der Waals surface area contributed by atoms with E-state index in [1.807, 2.05) is 37.3 Å². The van der Waals surface area contributed by atoms with Crippen LogP contribution in [0.4, 0.5) is 5.82 Å². The number of anilines is 1. The number of amides is 1. The van der Waals surface area contributed by atoms with Crippen LogP contribution in [0.3, 0.4) is 0 Å². The molecule has 2 atom stereocenters. The Bertz CT molecular complexity index is 753. The van der Waals surface area contributed by atoms with Gasteiger partial charge in [0.15, 0.2) is 0 Å². The van der Waals surface area contributed by atoms with E-state index in [0.717, 1.165) is 23.6 Å². The number of ether oxygens (including phenoxy) is 2. The molecule has 7 nitrogen and oxygen atoms in total. The molecule has 26 heavy (non-hydrogen) atoms. The van der Waals surface area contributed by atoms with Crippen molar-refractivity contribution in [3.8, 4) is 5.75 Å². The molecule has 0 radical (unpaired) electrons. The molecule has 0 unspecified atom stereocenters. The van der Waals surface area contributed by atoms with Gasteiger partial charge in [0.05, 0.1) is 32.2 Å². The van der Waals surface area contributed by atoms with Gasteiger partial charge in [0.2, 0.25) is 5.91 Å². The summed E-state index contributed by atoms with van der Waals surface area (Å²) in [7, 11) is 1.61. The number of hydrogen-bond donors (Lipinski definition) is 2. The molecule has 0 aliphatic carbocycles. The molecule has 2 aromatic rings. The summed E-state index contributed by atoms with van der Waals surface area (Å²) in [6.45, 7) is 2.98. The van der Waals surface area contributed by atoms with Crippen LogP contribution >= 0.6 is 0 Å². The third kappa shape index (κ3) is 4.70. The fourth-order valence-electron chi connectivity index (χ4n) is 3.06. The Morgan fingerprint density at radius 1 is 1.31 bits per heavy atom. The fourth-order valence-corrected chi connectivity index (χ4v) is 3.06. The van der Waals surface area contributed by atoms with Crippen molar-refractivity contribution in [1.82, 2.24) is 15.3 Å². The normalized spacial score (nSPS) is 19.6. The highest BCUT2D eigenvalue weighted by Gasteiger charge is 2.27. The van der Waals surface area contributed by atoms with E-state index in [1.54, 1.807) is 13.3 Å². The minimum Gasteiger partial charge on any atom is -0.496 e. The molecule has 1 aliphatic rings. The van der Waals surface area contributed by atoms with Gasteiger partial charge in [-0.2, -0.15) is 0 Å². The second kappa shape index (κ2) is 8.62. The standard InChI is InChI=1S/C19H24N4O3/c1-13-20-9-7-18(21-13)22-16-12-26-10-8-15(16)23-19(24)11-14-5-3-4-6-17(14)25-2/h3-7,9,15-16H,8,10-12H2,1-2H3,(H,23,24)(H,20,21,22)/t15-,16+/m0/s1. The van der Waals surface area contributed by atoms with Gasteiger partial charge in [-0.1, -0.05) is 18.2 Å². The maximum absolute atomic E-state index is 12.5. The first-order chi connectivity index (χ1) is 12.7. The Labute approximate surface area is 153 Å². The maximum Gasteiger partial charge on any atom is 0.224 e. The SMILES string of the molecule is COc1ccccc1CC(=O)N[C@H]1CCOC[C@H]1Nc1ccnc(C)n1. The molecule has 2 heterocycles. The minimum absolute atomic E-state index is 0.0266. The zero-order valence-corrected chi connectivity index (χ0v) is 15.1. The summed E-state index contributed by atoms with van der Waals surface area (Å²) >= 11 is 0. The van der Waals surface area contributed by atoms with Crippen LogP contribution in [0, 0.1) is 6.92 Å². The van der Waals surface area contributed by atoms with Gasteiger partial charge >= 0.3 is 0 Å². The van der Waals surface area contributed by atoms with Crippen LogP contribution in [0.15, 0.2) is 36.5 Å². The highest BCUT2D eigenvalue weighted by molar-refractivity contribution is 5.79. The van der Waals surface area contributed by atoms with E-state index in [0.29, 0.717) is 19.0 Å². The monoisotopic (exact) mass is 356 g/mol. The van der Waals surface area contributed by atoms with Crippen LogP contribution < -0.4 is 15.4 Å². The van der Waals surface area contributed by atoms with Gasteiger partial charge in [0.25, 0.3) is 0 Å². The van der Waals surface area contributed by atoms with Gasteiger partial charge in [-0.15, -0.1) is 0 Å². The summed E-state index contributed by atoms with van der Waals surface area (Å²) in [6, 6.07) is 9.31. The number of aromatic nitrogens is 2. The highest BCUT2D eigenvalue weighted by Crippen LogP contribution is 2.18. The number of aryl methyl sites for hydroxylation is 1. The maximum atomic E-state index is 12.5. The van der Waals surface area contributed by atoms with Crippen molar-refractivity contribution in [3.05, 3.63) is 47.9 Å². The number of para-hydroxylation sites is 1. The molecule has 1 fully saturated rings. The van der Waals surface area contributed by atoms with Crippen molar-refractivity contribution in [2.75, 3.05) is 25.6 Å². The van der Waals surface area contributed by atoms with Gasteiger partial charge in [-0.3, -0.25) is 4.79 Å². The fraction of sp³-hybridized carbons (Fsp3) is 0.421. The van der Waals surface area contributed by atoms with E-state index < -0.39 is 0 Å². The molecule has 1 aromatic carbocycles. The van der Waals surface area contributed by atoms with Crippen LogP contribution in [-0.2, 0) is 16.0 Å². The lowest BCUT2D eigenvalue weighted by Gasteiger charge is -2.33. The average Bonchev–Trinajstić information content (AvgIpc) is 2.64. The number of hydrogen-bond acceptors (Lipinski definition) is 6. The van der Waals surface area contributed by atoms with E-state index in [1.165, 1.54) is 0 Å². The summed E-state index contributed by atoms with van der Waals surface area (Å²) in [6.07, 6.45) is 2.74. The molecular formula is C19H24N4O3. The van der Waals surface area contributed by atoms with Gasteiger partial charge in [-0.05, 0) is 25.5 Å². The summed E-state index contributed by atoms with van der Waals surface area (Å²) < 4.78 is 10.9. The topological polar surface area (TPSA) is 85.4 Å².